The van der Waals surface area contributed by atoms with E-state index in [0.717, 1.165) is 0 Å². The smallest absolute Gasteiger partial charge is 0.430 e. The molecule has 1 spiro atoms. The lowest BCUT2D eigenvalue weighted by molar-refractivity contribution is -0.128. The van der Waals surface area contributed by atoms with Crippen LogP contribution in [0.1, 0.15) is 13.3 Å². The van der Waals surface area contributed by atoms with E-state index in [1.165, 1.54) is 6.92 Å². The normalized spacial score (nSPS) is 32.1. The van der Waals surface area contributed by atoms with E-state index in [1.807, 2.05) is 0 Å². The van der Waals surface area contributed by atoms with Gasteiger partial charge in [-0.3, -0.25) is 4.79 Å². The van der Waals surface area contributed by atoms with Gasteiger partial charge < -0.3 is 14.4 Å². The molecule has 0 radical (unpaired) electrons. The average molecular weight is 185 g/mol. The molecule has 0 aromatic carbocycles. The van der Waals surface area contributed by atoms with Crippen LogP contribution in [0.5, 0.6) is 0 Å². The maximum absolute atomic E-state index is 11.0. The minimum absolute atomic E-state index is 0.0137. The highest BCUT2D eigenvalue weighted by Gasteiger charge is 2.48. The van der Waals surface area contributed by atoms with Gasteiger partial charge in [0.25, 0.3) is 0 Å². The Morgan fingerprint density at radius 3 is 2.85 bits per heavy atom. The first-order valence-electron chi connectivity index (χ1n) is 4.23. The van der Waals surface area contributed by atoms with Gasteiger partial charge in [0.2, 0.25) is 5.91 Å². The maximum atomic E-state index is 11.0. The predicted molar refractivity (Wildman–Crippen MR) is 42.0 cm³/mol. The number of hydrogen-bond donors (Lipinski definition) is 0. The van der Waals surface area contributed by atoms with Crippen molar-refractivity contribution in [1.29, 1.82) is 0 Å². The molecule has 0 aliphatic carbocycles. The van der Waals surface area contributed by atoms with Gasteiger partial charge in [-0.2, -0.15) is 0 Å². The molecular weight excluding hydrogens is 174 g/mol. The van der Waals surface area contributed by atoms with E-state index in [0.29, 0.717) is 19.5 Å². The van der Waals surface area contributed by atoms with Crippen LogP contribution in [0.25, 0.3) is 0 Å². The van der Waals surface area contributed by atoms with Crippen molar-refractivity contribution in [2.24, 2.45) is 0 Å². The number of carbonyl (C=O) groups excluding carboxylic acids is 2. The largest absolute Gasteiger partial charge is 0.509 e. The van der Waals surface area contributed by atoms with Crippen molar-refractivity contribution in [3.63, 3.8) is 0 Å². The Labute approximate surface area is 75.6 Å². The van der Waals surface area contributed by atoms with Gasteiger partial charge in [0.1, 0.15) is 6.61 Å². The van der Waals surface area contributed by atoms with E-state index >= 15 is 0 Å². The molecule has 2 aliphatic heterocycles. The molecule has 0 bridgehead atoms. The van der Waals surface area contributed by atoms with Crippen LogP contribution in [0.15, 0.2) is 0 Å². The van der Waals surface area contributed by atoms with Crippen LogP contribution < -0.4 is 0 Å². The van der Waals surface area contributed by atoms with Gasteiger partial charge in [-0.25, -0.2) is 4.79 Å². The Bertz CT molecular complexity index is 265. The Morgan fingerprint density at radius 2 is 2.38 bits per heavy atom. The van der Waals surface area contributed by atoms with Crippen LogP contribution in [0, 0.1) is 0 Å². The van der Waals surface area contributed by atoms with Crippen LogP contribution in [-0.2, 0) is 14.3 Å². The molecule has 5 heteroatoms. The Kier molecular flexibility index (Phi) is 1.68. The fraction of sp³-hybridized carbons (Fsp3) is 0.750. The highest BCUT2D eigenvalue weighted by molar-refractivity contribution is 5.74. The fourth-order valence-corrected chi connectivity index (χ4v) is 1.74. The second-order valence-electron chi connectivity index (χ2n) is 3.51. The molecule has 1 amide bonds. The molecule has 2 heterocycles. The summed E-state index contributed by atoms with van der Waals surface area (Å²) < 4.78 is 9.75. The summed E-state index contributed by atoms with van der Waals surface area (Å²) in [6, 6.07) is 0. The second kappa shape index (κ2) is 2.61. The monoisotopic (exact) mass is 185 g/mol. The van der Waals surface area contributed by atoms with E-state index in [4.69, 9.17) is 9.47 Å². The average Bonchev–Trinajstić information content (AvgIpc) is 2.61. The summed E-state index contributed by atoms with van der Waals surface area (Å²) in [6.07, 6.45) is 0.0589. The summed E-state index contributed by atoms with van der Waals surface area (Å²) in [5.74, 6) is 0.0137. The zero-order chi connectivity index (χ0) is 9.47. The standard InChI is InChI=1S/C8H11NO4/c1-6(10)9-3-2-8(4-9)5-12-7(11)13-8/h2-5H2,1H3. The molecule has 72 valence electrons. The number of amides is 1. The zero-order valence-corrected chi connectivity index (χ0v) is 7.41. The van der Waals surface area contributed by atoms with Gasteiger partial charge in [0, 0.05) is 19.9 Å². The van der Waals surface area contributed by atoms with Gasteiger partial charge >= 0.3 is 6.16 Å². The molecule has 0 aromatic heterocycles. The molecule has 0 saturated carbocycles. The Morgan fingerprint density at radius 1 is 1.62 bits per heavy atom. The van der Waals surface area contributed by atoms with E-state index in [1.54, 1.807) is 4.90 Å². The van der Waals surface area contributed by atoms with Crippen molar-refractivity contribution in [3.05, 3.63) is 0 Å². The summed E-state index contributed by atoms with van der Waals surface area (Å²) in [4.78, 5) is 23.4. The summed E-state index contributed by atoms with van der Waals surface area (Å²) in [7, 11) is 0. The number of ether oxygens (including phenoxy) is 2. The predicted octanol–water partition coefficient (Wildman–Crippen LogP) is 0.144. The lowest BCUT2D eigenvalue weighted by Gasteiger charge is -2.18. The van der Waals surface area contributed by atoms with E-state index < -0.39 is 11.8 Å². The van der Waals surface area contributed by atoms with Gasteiger partial charge in [-0.15, -0.1) is 0 Å². The zero-order valence-electron chi connectivity index (χ0n) is 7.41. The fourth-order valence-electron chi connectivity index (χ4n) is 1.74. The quantitative estimate of drug-likeness (QED) is 0.504. The first-order chi connectivity index (χ1) is 6.11. The summed E-state index contributed by atoms with van der Waals surface area (Å²) in [6.45, 7) is 2.90. The first kappa shape index (κ1) is 8.34. The van der Waals surface area contributed by atoms with Crippen molar-refractivity contribution in [1.82, 2.24) is 4.90 Å². The molecule has 2 fully saturated rings. The van der Waals surface area contributed by atoms with Crippen LogP contribution in [-0.4, -0.2) is 42.3 Å². The minimum atomic E-state index is -0.620. The van der Waals surface area contributed by atoms with Crippen molar-refractivity contribution in [2.75, 3.05) is 19.7 Å². The Hall–Kier alpha value is -1.26. The summed E-state index contributed by atoms with van der Waals surface area (Å²) in [5.41, 5.74) is -0.553. The molecule has 2 aliphatic rings. The molecule has 2 rings (SSSR count). The number of nitrogens with zero attached hydrogens (tertiary/aromatic N) is 1. The van der Waals surface area contributed by atoms with Crippen molar-refractivity contribution in [3.8, 4) is 0 Å². The first-order valence-corrected chi connectivity index (χ1v) is 4.23. The molecule has 1 atom stereocenters. The van der Waals surface area contributed by atoms with Crippen molar-refractivity contribution in [2.45, 2.75) is 18.9 Å². The van der Waals surface area contributed by atoms with Crippen LogP contribution in [0.2, 0.25) is 0 Å². The van der Waals surface area contributed by atoms with Crippen LogP contribution in [0.4, 0.5) is 4.79 Å². The van der Waals surface area contributed by atoms with Crippen molar-refractivity contribution < 1.29 is 19.1 Å². The van der Waals surface area contributed by atoms with E-state index in [9.17, 15) is 9.59 Å². The molecule has 13 heavy (non-hydrogen) atoms. The number of carbonyl (C=O) groups is 2. The summed E-state index contributed by atoms with van der Waals surface area (Å²) >= 11 is 0. The maximum Gasteiger partial charge on any atom is 0.509 e. The van der Waals surface area contributed by atoms with E-state index in [-0.39, 0.29) is 12.5 Å². The summed E-state index contributed by atoms with van der Waals surface area (Å²) in [5, 5.41) is 0. The second-order valence-corrected chi connectivity index (χ2v) is 3.51. The molecule has 1 unspecified atom stereocenters. The SMILES string of the molecule is CC(=O)N1CCC2(COC(=O)O2)C1. The topological polar surface area (TPSA) is 55.8 Å². The molecule has 2 saturated heterocycles. The number of cyclic esters (lactones) is 1. The van der Waals surface area contributed by atoms with Gasteiger partial charge in [0.15, 0.2) is 5.60 Å². The van der Waals surface area contributed by atoms with E-state index in [2.05, 4.69) is 0 Å². The molecule has 0 N–H and O–H groups in total. The molecule has 5 nitrogen and oxygen atoms in total. The third kappa shape index (κ3) is 1.34. The van der Waals surface area contributed by atoms with Gasteiger partial charge in [-0.1, -0.05) is 0 Å². The molecule has 0 aromatic rings. The number of hydrogen-bond acceptors (Lipinski definition) is 4. The third-order valence-electron chi connectivity index (χ3n) is 2.51. The lowest BCUT2D eigenvalue weighted by Crippen LogP contribution is -2.37. The lowest BCUT2D eigenvalue weighted by atomic mass is 10.1. The highest BCUT2D eigenvalue weighted by Crippen LogP contribution is 2.30. The van der Waals surface area contributed by atoms with Crippen LogP contribution in [0.3, 0.4) is 0 Å². The highest BCUT2D eigenvalue weighted by atomic mass is 16.8. The van der Waals surface area contributed by atoms with Gasteiger partial charge in [0.05, 0.1) is 6.54 Å². The number of likely N-dealkylation sites (tertiary alicyclic amines) is 1. The molecular formula is C8H11NO4. The number of rotatable bonds is 0. The Balaban J connectivity index is 2.05. The van der Waals surface area contributed by atoms with Crippen molar-refractivity contribution >= 4 is 12.1 Å². The minimum Gasteiger partial charge on any atom is -0.430 e. The van der Waals surface area contributed by atoms with Crippen LogP contribution >= 0.6 is 0 Å². The third-order valence-corrected chi connectivity index (χ3v) is 2.51. The van der Waals surface area contributed by atoms with Gasteiger partial charge in [-0.05, 0) is 0 Å².